The summed E-state index contributed by atoms with van der Waals surface area (Å²) in [4.78, 5) is 15.2. The molecular formula is C18H26IN5S. The lowest BCUT2D eigenvalue weighted by molar-refractivity contribution is 0.372. The lowest BCUT2D eigenvalue weighted by Crippen LogP contribution is -2.52. The van der Waals surface area contributed by atoms with Crippen LogP contribution < -0.4 is 10.2 Å². The number of aryl methyl sites for hydroxylation is 1. The molecule has 25 heavy (non-hydrogen) atoms. The van der Waals surface area contributed by atoms with E-state index in [0.29, 0.717) is 6.54 Å². The van der Waals surface area contributed by atoms with Crippen LogP contribution >= 0.6 is 35.3 Å². The Balaban J connectivity index is 0.00000225. The van der Waals surface area contributed by atoms with Gasteiger partial charge in [-0.1, -0.05) is 18.2 Å². The fourth-order valence-electron chi connectivity index (χ4n) is 2.87. The minimum absolute atomic E-state index is 0. The molecule has 1 saturated heterocycles. The molecule has 2 aromatic rings. The highest BCUT2D eigenvalue weighted by Crippen LogP contribution is 2.16. The highest BCUT2D eigenvalue weighted by Gasteiger charge is 2.19. The molecule has 0 spiro atoms. The third kappa shape index (κ3) is 5.31. The molecule has 1 aliphatic rings. The van der Waals surface area contributed by atoms with Crippen molar-refractivity contribution in [3.8, 4) is 0 Å². The molecule has 0 amide bonds. The molecule has 3 rings (SSSR count). The minimum Gasteiger partial charge on any atom is -0.368 e. The van der Waals surface area contributed by atoms with Crippen molar-refractivity contribution >= 4 is 47.0 Å². The van der Waals surface area contributed by atoms with E-state index in [1.165, 1.54) is 10.6 Å². The Morgan fingerprint density at radius 1 is 1.20 bits per heavy atom. The first-order valence-electron chi connectivity index (χ1n) is 8.50. The molecule has 0 saturated carbocycles. The molecular weight excluding hydrogens is 445 g/mol. The zero-order valence-corrected chi connectivity index (χ0v) is 18.0. The maximum Gasteiger partial charge on any atom is 0.194 e. The van der Waals surface area contributed by atoms with Gasteiger partial charge in [0.15, 0.2) is 5.96 Å². The predicted octanol–water partition coefficient (Wildman–Crippen LogP) is 3.36. The van der Waals surface area contributed by atoms with Crippen molar-refractivity contribution in [1.82, 2.24) is 15.2 Å². The Hall–Kier alpha value is -1.35. The number of hydrogen-bond acceptors (Lipinski definition) is 4. The van der Waals surface area contributed by atoms with Gasteiger partial charge in [0, 0.05) is 43.3 Å². The first-order chi connectivity index (χ1) is 11.8. The number of aromatic nitrogens is 1. The molecule has 1 aliphatic heterocycles. The molecule has 1 fully saturated rings. The van der Waals surface area contributed by atoms with Gasteiger partial charge in [-0.25, -0.2) is 9.98 Å². The molecule has 1 aromatic carbocycles. The van der Waals surface area contributed by atoms with Crippen molar-refractivity contribution in [3.05, 3.63) is 46.4 Å². The monoisotopic (exact) mass is 471 g/mol. The van der Waals surface area contributed by atoms with Crippen LogP contribution in [-0.4, -0.2) is 48.6 Å². The van der Waals surface area contributed by atoms with Crippen LogP contribution in [0.15, 0.2) is 40.8 Å². The summed E-state index contributed by atoms with van der Waals surface area (Å²) >= 11 is 1.68. The van der Waals surface area contributed by atoms with Crippen LogP contribution in [0, 0.1) is 6.92 Å². The Labute approximate surface area is 171 Å². The summed E-state index contributed by atoms with van der Waals surface area (Å²) in [7, 11) is 0. The number of benzene rings is 1. The maximum atomic E-state index is 4.82. The molecule has 2 heterocycles. The Bertz CT molecular complexity index is 665. The highest BCUT2D eigenvalue weighted by molar-refractivity contribution is 14.0. The second-order valence-electron chi connectivity index (χ2n) is 5.84. The van der Waals surface area contributed by atoms with Gasteiger partial charge < -0.3 is 15.1 Å². The van der Waals surface area contributed by atoms with Crippen molar-refractivity contribution in [2.75, 3.05) is 37.6 Å². The number of anilines is 1. The third-order valence-corrected chi connectivity index (χ3v) is 5.17. The van der Waals surface area contributed by atoms with E-state index in [1.807, 2.05) is 12.4 Å². The number of para-hydroxylation sites is 1. The number of halogens is 1. The maximum absolute atomic E-state index is 4.82. The highest BCUT2D eigenvalue weighted by atomic mass is 127. The topological polar surface area (TPSA) is 43.8 Å². The van der Waals surface area contributed by atoms with Crippen molar-refractivity contribution in [2.45, 2.75) is 20.4 Å². The quantitative estimate of drug-likeness (QED) is 0.422. The van der Waals surface area contributed by atoms with E-state index in [-0.39, 0.29) is 24.0 Å². The summed E-state index contributed by atoms with van der Waals surface area (Å²) in [6, 6.07) is 10.6. The molecule has 136 valence electrons. The average Bonchev–Trinajstić information content (AvgIpc) is 3.04. The van der Waals surface area contributed by atoms with Crippen molar-refractivity contribution in [2.24, 2.45) is 4.99 Å². The van der Waals surface area contributed by atoms with Gasteiger partial charge in [-0.05, 0) is 26.0 Å². The standard InChI is InChI=1S/C18H25N5S.HI/c1-3-19-18(20-13-17-15(2)21-14-24-17)23-11-9-22(10-12-23)16-7-5-4-6-8-16;/h4-8,14H,3,9-13H2,1-2H3,(H,19,20);1H. The fourth-order valence-corrected chi connectivity index (χ4v) is 3.57. The Morgan fingerprint density at radius 2 is 1.92 bits per heavy atom. The van der Waals surface area contributed by atoms with E-state index in [2.05, 4.69) is 57.4 Å². The van der Waals surface area contributed by atoms with Crippen molar-refractivity contribution in [3.63, 3.8) is 0 Å². The van der Waals surface area contributed by atoms with Gasteiger partial charge >= 0.3 is 0 Å². The number of hydrogen-bond donors (Lipinski definition) is 1. The summed E-state index contributed by atoms with van der Waals surface area (Å²) in [5, 5.41) is 3.43. The smallest absolute Gasteiger partial charge is 0.194 e. The molecule has 0 radical (unpaired) electrons. The van der Waals surface area contributed by atoms with Crippen LogP contribution in [0.25, 0.3) is 0 Å². The van der Waals surface area contributed by atoms with Crippen LogP contribution in [0.1, 0.15) is 17.5 Å². The summed E-state index contributed by atoms with van der Waals surface area (Å²) in [5.74, 6) is 1.01. The largest absolute Gasteiger partial charge is 0.368 e. The molecule has 0 unspecified atom stereocenters. The lowest BCUT2D eigenvalue weighted by atomic mass is 10.2. The zero-order chi connectivity index (χ0) is 16.8. The normalized spacial score (nSPS) is 15.0. The minimum atomic E-state index is 0. The van der Waals surface area contributed by atoms with Crippen LogP contribution in [0.2, 0.25) is 0 Å². The second-order valence-corrected chi connectivity index (χ2v) is 6.78. The van der Waals surface area contributed by atoms with Gasteiger partial charge in [0.05, 0.1) is 17.7 Å². The first kappa shape index (κ1) is 20.0. The van der Waals surface area contributed by atoms with E-state index in [0.717, 1.165) is 44.4 Å². The van der Waals surface area contributed by atoms with Crippen LogP contribution in [0.5, 0.6) is 0 Å². The number of nitrogens with zero attached hydrogens (tertiary/aromatic N) is 4. The summed E-state index contributed by atoms with van der Waals surface area (Å²) < 4.78 is 0. The fraction of sp³-hybridized carbons (Fsp3) is 0.444. The number of guanidine groups is 1. The average molecular weight is 471 g/mol. The molecule has 5 nitrogen and oxygen atoms in total. The molecule has 7 heteroatoms. The molecule has 0 bridgehead atoms. The van der Waals surface area contributed by atoms with E-state index in [4.69, 9.17) is 4.99 Å². The lowest BCUT2D eigenvalue weighted by Gasteiger charge is -2.37. The first-order valence-corrected chi connectivity index (χ1v) is 9.38. The van der Waals surface area contributed by atoms with Gasteiger partial charge in [-0.15, -0.1) is 35.3 Å². The third-order valence-electron chi connectivity index (χ3n) is 4.25. The zero-order valence-electron chi connectivity index (χ0n) is 14.8. The summed E-state index contributed by atoms with van der Waals surface area (Å²) in [6.07, 6.45) is 0. The number of rotatable bonds is 4. The molecule has 1 aromatic heterocycles. The number of thiazole rings is 1. The molecule has 0 atom stereocenters. The number of nitrogens with one attached hydrogen (secondary N) is 1. The number of aliphatic imine (C=N–C) groups is 1. The van der Waals surface area contributed by atoms with E-state index in [1.54, 1.807) is 11.3 Å². The predicted molar refractivity (Wildman–Crippen MR) is 117 cm³/mol. The van der Waals surface area contributed by atoms with Crippen molar-refractivity contribution in [1.29, 1.82) is 0 Å². The van der Waals surface area contributed by atoms with Gasteiger partial charge in [-0.2, -0.15) is 0 Å². The van der Waals surface area contributed by atoms with Gasteiger partial charge in [0.25, 0.3) is 0 Å². The van der Waals surface area contributed by atoms with E-state index >= 15 is 0 Å². The van der Waals surface area contributed by atoms with Crippen LogP contribution in [-0.2, 0) is 6.54 Å². The summed E-state index contributed by atoms with van der Waals surface area (Å²) in [6.45, 7) is 9.78. The van der Waals surface area contributed by atoms with E-state index in [9.17, 15) is 0 Å². The number of piperazine rings is 1. The van der Waals surface area contributed by atoms with Gasteiger partial charge in [-0.3, -0.25) is 0 Å². The summed E-state index contributed by atoms with van der Waals surface area (Å²) in [5.41, 5.74) is 4.29. The van der Waals surface area contributed by atoms with Crippen molar-refractivity contribution < 1.29 is 0 Å². The second kappa shape index (κ2) is 9.96. The van der Waals surface area contributed by atoms with Gasteiger partial charge in [0.1, 0.15) is 0 Å². The van der Waals surface area contributed by atoms with Crippen LogP contribution in [0.4, 0.5) is 5.69 Å². The van der Waals surface area contributed by atoms with Gasteiger partial charge in [0.2, 0.25) is 0 Å². The Morgan fingerprint density at radius 3 is 2.52 bits per heavy atom. The SMILES string of the molecule is CCNC(=NCc1scnc1C)N1CCN(c2ccccc2)CC1.I. The van der Waals surface area contributed by atoms with Crippen LogP contribution in [0.3, 0.4) is 0 Å². The molecule has 0 aliphatic carbocycles. The molecule has 1 N–H and O–H groups in total. The van der Waals surface area contributed by atoms with E-state index < -0.39 is 0 Å². The Kier molecular flexibility index (Phi) is 7.95.